The molecular weight excluding hydrogens is 342 g/mol. The van der Waals surface area contributed by atoms with E-state index in [-0.39, 0.29) is 5.91 Å². The van der Waals surface area contributed by atoms with Crippen molar-refractivity contribution in [3.8, 4) is 11.5 Å². The van der Waals surface area contributed by atoms with Crippen LogP contribution in [0.15, 0.2) is 42.1 Å². The number of hydrogen-bond acceptors (Lipinski definition) is 5. The fourth-order valence-electron chi connectivity index (χ4n) is 3.22. The average Bonchev–Trinajstić information content (AvgIpc) is 3.01. The zero-order valence-electron chi connectivity index (χ0n) is 15.9. The zero-order chi connectivity index (χ0) is 19.4. The number of hydrogen-bond donors (Lipinski definition) is 3. The molecule has 0 spiro atoms. The molecule has 6 heteroatoms. The molecule has 1 aliphatic heterocycles. The second-order valence-corrected chi connectivity index (χ2v) is 6.27. The van der Waals surface area contributed by atoms with Crippen molar-refractivity contribution in [1.82, 2.24) is 0 Å². The number of nitrogens with two attached hydrogens (primary N) is 1. The number of ether oxygens (including phenoxy) is 2. The molecule has 0 saturated heterocycles. The fourth-order valence-corrected chi connectivity index (χ4v) is 3.22. The van der Waals surface area contributed by atoms with Gasteiger partial charge in [0.1, 0.15) is 0 Å². The zero-order valence-corrected chi connectivity index (χ0v) is 15.9. The Balaban J connectivity index is 1.99. The first kappa shape index (κ1) is 18.8. The molecule has 3 rings (SSSR count). The van der Waals surface area contributed by atoms with Crippen LogP contribution >= 0.6 is 0 Å². The van der Waals surface area contributed by atoms with Crippen LogP contribution in [-0.2, 0) is 11.2 Å². The maximum Gasteiger partial charge on any atom is 0.258 e. The van der Waals surface area contributed by atoms with Crippen LogP contribution in [0.3, 0.4) is 0 Å². The maximum absolute atomic E-state index is 12.7. The van der Waals surface area contributed by atoms with Crippen molar-refractivity contribution in [2.45, 2.75) is 19.8 Å². The van der Waals surface area contributed by atoms with Crippen LogP contribution in [0.5, 0.6) is 11.5 Å². The summed E-state index contributed by atoms with van der Waals surface area (Å²) in [5, 5.41) is 6.31. The van der Waals surface area contributed by atoms with Crippen molar-refractivity contribution in [2.75, 3.05) is 31.4 Å². The van der Waals surface area contributed by atoms with Gasteiger partial charge in [-0.25, -0.2) is 0 Å². The molecule has 1 aliphatic rings. The minimum Gasteiger partial charge on any atom is -0.493 e. The molecule has 2 aromatic rings. The Kier molecular flexibility index (Phi) is 5.66. The number of carbonyl (C=O) groups excluding carboxylic acids is 1. The van der Waals surface area contributed by atoms with Crippen molar-refractivity contribution >= 4 is 22.9 Å². The number of nitrogens with one attached hydrogen (secondary N) is 2. The van der Waals surface area contributed by atoms with Gasteiger partial charge in [-0.15, -0.1) is 0 Å². The van der Waals surface area contributed by atoms with Gasteiger partial charge in [-0.1, -0.05) is 19.1 Å². The predicted molar refractivity (Wildman–Crippen MR) is 108 cm³/mol. The summed E-state index contributed by atoms with van der Waals surface area (Å²) < 4.78 is 10.7. The molecule has 1 amide bonds. The van der Waals surface area contributed by atoms with E-state index in [1.54, 1.807) is 20.3 Å². The minimum atomic E-state index is -0.135. The highest BCUT2D eigenvalue weighted by molar-refractivity contribution is 6.32. The molecule has 0 radical (unpaired) electrons. The van der Waals surface area contributed by atoms with Gasteiger partial charge in [-0.05, 0) is 43.1 Å². The number of benzene rings is 2. The second-order valence-electron chi connectivity index (χ2n) is 6.27. The van der Waals surface area contributed by atoms with E-state index >= 15 is 0 Å². The van der Waals surface area contributed by atoms with Gasteiger partial charge in [-0.2, -0.15) is 0 Å². The molecule has 27 heavy (non-hydrogen) atoms. The maximum atomic E-state index is 12.7. The first-order valence-electron chi connectivity index (χ1n) is 8.98. The van der Waals surface area contributed by atoms with Gasteiger partial charge < -0.3 is 25.8 Å². The molecule has 0 aromatic heterocycles. The predicted octanol–water partition coefficient (Wildman–Crippen LogP) is 3.39. The van der Waals surface area contributed by atoms with E-state index in [1.165, 1.54) is 5.56 Å². The van der Waals surface area contributed by atoms with Gasteiger partial charge in [0.15, 0.2) is 11.5 Å². The van der Waals surface area contributed by atoms with Gasteiger partial charge in [0.2, 0.25) is 0 Å². The number of anilines is 2. The first-order chi connectivity index (χ1) is 13.1. The summed E-state index contributed by atoms with van der Waals surface area (Å²) in [6, 6.07) is 11.7. The number of allylic oxidation sites excluding steroid dienone is 1. The third-order valence-electron chi connectivity index (χ3n) is 4.61. The molecule has 0 unspecified atom stereocenters. The number of rotatable bonds is 7. The monoisotopic (exact) mass is 367 g/mol. The van der Waals surface area contributed by atoms with Gasteiger partial charge in [-0.3, -0.25) is 4.79 Å². The van der Waals surface area contributed by atoms with Crippen LogP contribution in [-0.4, -0.2) is 26.7 Å². The second kappa shape index (κ2) is 8.14. The minimum absolute atomic E-state index is 0.135. The summed E-state index contributed by atoms with van der Waals surface area (Å²) in [4.78, 5) is 12.7. The van der Waals surface area contributed by atoms with Crippen LogP contribution in [0, 0.1) is 0 Å². The summed E-state index contributed by atoms with van der Waals surface area (Å²) in [5.41, 5.74) is 10.7. The van der Waals surface area contributed by atoms with Crippen LogP contribution in [0.25, 0.3) is 5.57 Å². The van der Waals surface area contributed by atoms with Gasteiger partial charge in [0.25, 0.3) is 5.91 Å². The molecule has 0 aliphatic carbocycles. The van der Waals surface area contributed by atoms with Crippen molar-refractivity contribution in [3.05, 3.63) is 53.2 Å². The Bertz CT molecular complexity index is 873. The van der Waals surface area contributed by atoms with Gasteiger partial charge in [0.05, 0.1) is 25.5 Å². The number of fused-ring (bicyclic) bond motifs is 1. The highest BCUT2D eigenvalue weighted by Gasteiger charge is 2.29. The molecule has 2 aromatic carbocycles. The quantitative estimate of drug-likeness (QED) is 0.653. The number of carbonyl (C=O) groups is 1. The van der Waals surface area contributed by atoms with Crippen molar-refractivity contribution in [2.24, 2.45) is 5.73 Å². The summed E-state index contributed by atoms with van der Waals surface area (Å²) >= 11 is 0. The Morgan fingerprint density at radius 2 is 1.78 bits per heavy atom. The molecule has 0 fully saturated rings. The molecule has 142 valence electrons. The van der Waals surface area contributed by atoms with Crippen molar-refractivity contribution < 1.29 is 14.3 Å². The highest BCUT2D eigenvalue weighted by Crippen LogP contribution is 2.42. The smallest absolute Gasteiger partial charge is 0.258 e. The highest BCUT2D eigenvalue weighted by atomic mass is 16.5. The van der Waals surface area contributed by atoms with Crippen molar-refractivity contribution in [1.29, 1.82) is 0 Å². The lowest BCUT2D eigenvalue weighted by Gasteiger charge is -2.14. The van der Waals surface area contributed by atoms with Crippen LogP contribution < -0.4 is 25.8 Å². The summed E-state index contributed by atoms with van der Waals surface area (Å²) in [7, 11) is 3.16. The third-order valence-corrected chi connectivity index (χ3v) is 4.61. The van der Waals surface area contributed by atoms with E-state index in [1.807, 2.05) is 37.3 Å². The van der Waals surface area contributed by atoms with Crippen LogP contribution in [0.2, 0.25) is 0 Å². The van der Waals surface area contributed by atoms with E-state index in [0.717, 1.165) is 29.1 Å². The third kappa shape index (κ3) is 3.75. The summed E-state index contributed by atoms with van der Waals surface area (Å²) in [6.07, 6.45) is 1.53. The molecule has 6 nitrogen and oxygen atoms in total. The molecular formula is C21H25N3O3. The lowest BCUT2D eigenvalue weighted by atomic mass is 10.0. The topological polar surface area (TPSA) is 85.6 Å². The lowest BCUT2D eigenvalue weighted by Crippen LogP contribution is -2.10. The lowest BCUT2D eigenvalue weighted by molar-refractivity contribution is -0.110. The first-order valence-corrected chi connectivity index (χ1v) is 8.98. The summed E-state index contributed by atoms with van der Waals surface area (Å²) in [5.74, 6) is 1.04. The molecule has 1 heterocycles. The SMILES string of the molecule is CC/C(Nc1ccc(CCN)cc1)=C1/C(=O)Nc2cc(OC)c(OC)cc21. The van der Waals surface area contributed by atoms with E-state index in [9.17, 15) is 4.79 Å². The van der Waals surface area contributed by atoms with Gasteiger partial charge >= 0.3 is 0 Å². The van der Waals surface area contributed by atoms with Gasteiger partial charge in [0, 0.05) is 23.0 Å². The fraction of sp³-hybridized carbons (Fsp3) is 0.286. The normalized spacial score (nSPS) is 14.4. The van der Waals surface area contributed by atoms with E-state index < -0.39 is 0 Å². The molecule has 0 atom stereocenters. The Morgan fingerprint density at radius 1 is 1.11 bits per heavy atom. The molecule has 4 N–H and O–H groups in total. The van der Waals surface area contributed by atoms with Crippen molar-refractivity contribution in [3.63, 3.8) is 0 Å². The number of methoxy groups -OCH3 is 2. The number of amides is 1. The average molecular weight is 367 g/mol. The Hall–Kier alpha value is -2.99. The Morgan fingerprint density at radius 3 is 2.37 bits per heavy atom. The van der Waals surface area contributed by atoms with E-state index in [2.05, 4.69) is 10.6 Å². The van der Waals surface area contributed by atoms with Crippen LogP contribution in [0.1, 0.15) is 24.5 Å². The van der Waals surface area contributed by atoms with Crippen LogP contribution in [0.4, 0.5) is 11.4 Å². The van der Waals surface area contributed by atoms with E-state index in [0.29, 0.717) is 30.0 Å². The summed E-state index contributed by atoms with van der Waals surface area (Å²) in [6.45, 7) is 2.64. The molecule has 0 saturated carbocycles. The largest absolute Gasteiger partial charge is 0.493 e. The van der Waals surface area contributed by atoms with E-state index in [4.69, 9.17) is 15.2 Å². The standard InChI is InChI=1S/C21H25N3O3/c1-4-16(23-14-7-5-13(6-8-14)9-10-22)20-15-11-18(26-2)19(27-3)12-17(15)24-21(20)25/h5-8,11-12,23H,4,9-10,22H2,1-3H3,(H,24,25)/b20-16-. The Labute approximate surface area is 159 Å². The molecule has 0 bridgehead atoms.